The van der Waals surface area contributed by atoms with Gasteiger partial charge in [0.05, 0.1) is 35.5 Å². The molecule has 0 saturated carbocycles. The summed E-state index contributed by atoms with van der Waals surface area (Å²) in [5.41, 5.74) is 6.42. The Hall–Kier alpha value is -4.15. The largest absolute Gasteiger partial charge is 0.495 e. The fourth-order valence-electron chi connectivity index (χ4n) is 2.40. The van der Waals surface area contributed by atoms with Crippen molar-refractivity contribution in [3.05, 3.63) is 57.6 Å². The average Bonchev–Trinajstić information content (AvgIpc) is 2.70. The van der Waals surface area contributed by atoms with Crippen LogP contribution >= 0.6 is 0 Å². The molecule has 2 rings (SSSR count). The van der Waals surface area contributed by atoms with Crippen molar-refractivity contribution in [2.45, 2.75) is 6.92 Å². The molecule has 2 aromatic carbocycles. The summed E-state index contributed by atoms with van der Waals surface area (Å²) in [7, 11) is 1.47. The molecule has 0 unspecified atom stereocenters. The van der Waals surface area contributed by atoms with E-state index in [9.17, 15) is 24.5 Å². The summed E-state index contributed by atoms with van der Waals surface area (Å²) in [4.78, 5) is 45.9. The Kier molecular flexibility index (Phi) is 7.28. The highest BCUT2D eigenvalue weighted by atomic mass is 16.6. The molecule has 11 heteroatoms. The van der Waals surface area contributed by atoms with E-state index in [1.165, 1.54) is 7.11 Å². The number of nitro benzene ring substituents is 1. The molecule has 0 heterocycles. The predicted octanol–water partition coefficient (Wildman–Crippen LogP) is 1.41. The number of nitro groups is 1. The Balaban J connectivity index is 1.83. The maximum absolute atomic E-state index is 12.0. The molecular weight excluding hydrogens is 396 g/mol. The van der Waals surface area contributed by atoms with Crippen LogP contribution in [0.5, 0.6) is 5.75 Å². The van der Waals surface area contributed by atoms with Gasteiger partial charge in [-0.05, 0) is 30.7 Å². The van der Waals surface area contributed by atoms with E-state index in [1.807, 2.05) is 13.0 Å². The summed E-state index contributed by atoms with van der Waals surface area (Å²) in [5, 5.41) is 15.6. The molecule has 0 saturated heterocycles. The van der Waals surface area contributed by atoms with Crippen molar-refractivity contribution in [1.82, 2.24) is 5.32 Å². The highest BCUT2D eigenvalue weighted by molar-refractivity contribution is 5.98. The van der Waals surface area contributed by atoms with Gasteiger partial charge in [-0.3, -0.25) is 19.7 Å². The van der Waals surface area contributed by atoms with Gasteiger partial charge in [-0.25, -0.2) is 4.79 Å². The lowest BCUT2D eigenvalue weighted by Crippen LogP contribution is -2.35. The smallest absolute Gasteiger partial charge is 0.340 e. The Morgan fingerprint density at radius 3 is 2.50 bits per heavy atom. The van der Waals surface area contributed by atoms with Crippen molar-refractivity contribution >= 4 is 34.8 Å². The molecule has 2 aromatic rings. The Bertz CT molecular complexity index is 991. The number of amides is 2. The van der Waals surface area contributed by atoms with Crippen molar-refractivity contribution < 1.29 is 28.8 Å². The number of aryl methyl sites for hydroxylation is 1. The first-order chi connectivity index (χ1) is 14.2. The number of anilines is 2. The molecule has 2 amide bonds. The fraction of sp³-hybridized carbons (Fsp3) is 0.211. The normalized spacial score (nSPS) is 10.1. The van der Waals surface area contributed by atoms with Gasteiger partial charge in [0.25, 0.3) is 11.6 Å². The van der Waals surface area contributed by atoms with Gasteiger partial charge >= 0.3 is 5.97 Å². The van der Waals surface area contributed by atoms with Gasteiger partial charge in [0.2, 0.25) is 5.91 Å². The van der Waals surface area contributed by atoms with E-state index < -0.39 is 29.3 Å². The van der Waals surface area contributed by atoms with Crippen LogP contribution in [-0.4, -0.2) is 43.0 Å². The predicted molar refractivity (Wildman–Crippen MR) is 107 cm³/mol. The van der Waals surface area contributed by atoms with Gasteiger partial charge < -0.3 is 25.8 Å². The van der Waals surface area contributed by atoms with Crippen LogP contribution in [0.1, 0.15) is 15.9 Å². The van der Waals surface area contributed by atoms with Crippen molar-refractivity contribution in [3.63, 3.8) is 0 Å². The minimum absolute atomic E-state index is 0.113. The van der Waals surface area contributed by atoms with Crippen LogP contribution in [0.4, 0.5) is 17.1 Å². The van der Waals surface area contributed by atoms with Crippen molar-refractivity contribution in [3.8, 4) is 5.75 Å². The quantitative estimate of drug-likeness (QED) is 0.252. The second-order valence-electron chi connectivity index (χ2n) is 6.13. The molecule has 0 aliphatic heterocycles. The van der Waals surface area contributed by atoms with E-state index in [0.29, 0.717) is 11.4 Å². The number of nitrogens with two attached hydrogens (primary N) is 1. The molecular formula is C19H20N4O7. The summed E-state index contributed by atoms with van der Waals surface area (Å²) in [5.74, 6) is -1.67. The number of non-ortho nitro benzene ring substituents is 1. The molecule has 158 valence electrons. The van der Waals surface area contributed by atoms with Gasteiger partial charge in [0.15, 0.2) is 6.61 Å². The Morgan fingerprint density at radius 2 is 1.87 bits per heavy atom. The number of nitrogens with one attached hydrogen (secondary N) is 2. The maximum atomic E-state index is 12.0. The maximum Gasteiger partial charge on any atom is 0.340 e. The SMILES string of the molecule is COc1ccc(C)cc1NC(=O)CNC(=O)COC(=O)c1ccc([N+](=O)[O-])cc1N. The van der Waals surface area contributed by atoms with Crippen LogP contribution in [0, 0.1) is 17.0 Å². The Labute approximate surface area is 171 Å². The zero-order valence-electron chi connectivity index (χ0n) is 16.3. The van der Waals surface area contributed by atoms with Crippen LogP contribution in [-0.2, 0) is 14.3 Å². The molecule has 30 heavy (non-hydrogen) atoms. The number of carbonyl (C=O) groups is 3. The van der Waals surface area contributed by atoms with Crippen molar-refractivity contribution in [2.24, 2.45) is 0 Å². The van der Waals surface area contributed by atoms with Crippen LogP contribution in [0.2, 0.25) is 0 Å². The van der Waals surface area contributed by atoms with E-state index >= 15 is 0 Å². The van der Waals surface area contributed by atoms with E-state index in [2.05, 4.69) is 10.6 Å². The topological polar surface area (TPSA) is 163 Å². The van der Waals surface area contributed by atoms with Crippen LogP contribution in [0.25, 0.3) is 0 Å². The standard InChI is InChI=1S/C19H20N4O7/c1-11-3-6-16(29-2)15(7-11)22-17(24)9-21-18(25)10-30-19(26)13-5-4-12(23(27)28)8-14(13)20/h3-8H,9-10,20H2,1-2H3,(H,21,25)(H,22,24). The first-order valence-electron chi connectivity index (χ1n) is 8.63. The number of hydrogen-bond acceptors (Lipinski definition) is 8. The van der Waals surface area contributed by atoms with Gasteiger partial charge in [-0.1, -0.05) is 6.07 Å². The monoisotopic (exact) mass is 416 g/mol. The number of rotatable bonds is 8. The molecule has 0 aliphatic carbocycles. The zero-order chi connectivity index (χ0) is 22.3. The number of methoxy groups -OCH3 is 1. The molecule has 0 aromatic heterocycles. The van der Waals surface area contributed by atoms with Gasteiger partial charge in [-0.2, -0.15) is 0 Å². The molecule has 0 bridgehead atoms. The number of nitrogen functional groups attached to an aromatic ring is 1. The minimum atomic E-state index is -0.925. The number of esters is 1. The third-order valence-electron chi connectivity index (χ3n) is 3.88. The molecule has 0 fully saturated rings. The Morgan fingerprint density at radius 1 is 1.13 bits per heavy atom. The van der Waals surface area contributed by atoms with Gasteiger partial charge in [-0.15, -0.1) is 0 Å². The highest BCUT2D eigenvalue weighted by Crippen LogP contribution is 2.25. The average molecular weight is 416 g/mol. The van der Waals surface area contributed by atoms with E-state index in [4.69, 9.17) is 15.2 Å². The highest BCUT2D eigenvalue weighted by Gasteiger charge is 2.17. The summed E-state index contributed by atoms with van der Waals surface area (Å²) in [6.07, 6.45) is 0. The molecule has 4 N–H and O–H groups in total. The summed E-state index contributed by atoms with van der Waals surface area (Å²) < 4.78 is 9.98. The second kappa shape index (κ2) is 9.87. The summed E-state index contributed by atoms with van der Waals surface area (Å²) in [6, 6.07) is 8.48. The number of nitrogens with zero attached hydrogens (tertiary/aromatic N) is 1. The second-order valence-corrected chi connectivity index (χ2v) is 6.13. The summed E-state index contributed by atoms with van der Waals surface area (Å²) >= 11 is 0. The third kappa shape index (κ3) is 5.92. The number of carbonyl (C=O) groups excluding carboxylic acids is 3. The first-order valence-corrected chi connectivity index (χ1v) is 8.63. The van der Waals surface area contributed by atoms with Gasteiger partial charge in [0.1, 0.15) is 5.75 Å². The lowest BCUT2D eigenvalue weighted by Gasteiger charge is -2.11. The van der Waals surface area contributed by atoms with Crippen LogP contribution in [0.15, 0.2) is 36.4 Å². The third-order valence-corrected chi connectivity index (χ3v) is 3.88. The van der Waals surface area contributed by atoms with E-state index in [1.54, 1.807) is 12.1 Å². The lowest BCUT2D eigenvalue weighted by molar-refractivity contribution is -0.384. The van der Waals surface area contributed by atoms with Crippen molar-refractivity contribution in [2.75, 3.05) is 31.3 Å². The first kappa shape index (κ1) is 22.1. The van der Waals surface area contributed by atoms with Gasteiger partial charge in [0, 0.05) is 12.1 Å². The zero-order valence-corrected chi connectivity index (χ0v) is 16.3. The van der Waals surface area contributed by atoms with Crippen LogP contribution < -0.4 is 21.1 Å². The summed E-state index contributed by atoms with van der Waals surface area (Å²) in [6.45, 7) is 0.840. The number of hydrogen-bond donors (Lipinski definition) is 3. The van der Waals surface area contributed by atoms with E-state index in [-0.39, 0.29) is 23.5 Å². The fourth-order valence-corrected chi connectivity index (χ4v) is 2.40. The van der Waals surface area contributed by atoms with E-state index in [0.717, 1.165) is 23.8 Å². The number of ether oxygens (including phenoxy) is 2. The van der Waals surface area contributed by atoms with Crippen LogP contribution in [0.3, 0.4) is 0 Å². The molecule has 0 atom stereocenters. The lowest BCUT2D eigenvalue weighted by atomic mass is 10.1. The minimum Gasteiger partial charge on any atom is -0.495 e. The number of benzene rings is 2. The molecule has 0 aliphatic rings. The molecule has 0 radical (unpaired) electrons. The molecule has 11 nitrogen and oxygen atoms in total. The molecule has 0 spiro atoms. The van der Waals surface area contributed by atoms with Crippen molar-refractivity contribution in [1.29, 1.82) is 0 Å².